The van der Waals surface area contributed by atoms with Crippen LogP contribution in [-0.4, -0.2) is 16.3 Å². The lowest BCUT2D eigenvalue weighted by molar-refractivity contribution is -0.206. The summed E-state index contributed by atoms with van der Waals surface area (Å²) < 4.78 is 36.5. The van der Waals surface area contributed by atoms with E-state index in [1.54, 1.807) is 0 Å². The molecule has 3 nitrogen and oxygen atoms in total. The molecule has 0 aliphatic carbocycles. The molecule has 0 spiro atoms. The SMILES string of the molecule is Cc1ccnc(N)c1C(O)C(F)(F)F. The molecule has 0 aliphatic rings. The number of aliphatic hydroxyl groups excluding tert-OH is 1. The van der Waals surface area contributed by atoms with Crippen molar-refractivity contribution in [2.45, 2.75) is 19.2 Å². The topological polar surface area (TPSA) is 59.1 Å². The highest BCUT2D eigenvalue weighted by Gasteiger charge is 2.41. The summed E-state index contributed by atoms with van der Waals surface area (Å²) in [6.45, 7) is 1.43. The van der Waals surface area contributed by atoms with E-state index in [9.17, 15) is 13.2 Å². The first-order valence-electron chi connectivity index (χ1n) is 3.79. The molecular formula is C8H9F3N2O. The first-order valence-corrected chi connectivity index (χ1v) is 3.79. The average molecular weight is 206 g/mol. The molecule has 14 heavy (non-hydrogen) atoms. The maximum atomic E-state index is 12.2. The van der Waals surface area contributed by atoms with Gasteiger partial charge in [0.2, 0.25) is 0 Å². The molecular weight excluding hydrogens is 197 g/mol. The predicted molar refractivity (Wildman–Crippen MR) is 44.4 cm³/mol. The van der Waals surface area contributed by atoms with Crippen molar-refractivity contribution in [3.8, 4) is 0 Å². The number of nitrogen functional groups attached to an aromatic ring is 1. The largest absolute Gasteiger partial charge is 0.418 e. The Hall–Kier alpha value is -1.30. The van der Waals surface area contributed by atoms with E-state index < -0.39 is 12.3 Å². The number of pyridine rings is 1. The normalized spacial score (nSPS) is 14.1. The van der Waals surface area contributed by atoms with Crippen LogP contribution < -0.4 is 5.73 Å². The molecule has 0 aromatic carbocycles. The number of nitrogens with zero attached hydrogens (tertiary/aromatic N) is 1. The Bertz CT molecular complexity index is 318. The molecule has 1 heterocycles. The molecule has 1 aromatic heterocycles. The lowest BCUT2D eigenvalue weighted by Crippen LogP contribution is -2.22. The second-order valence-corrected chi connectivity index (χ2v) is 2.87. The van der Waals surface area contributed by atoms with Gasteiger partial charge in [-0.2, -0.15) is 13.2 Å². The van der Waals surface area contributed by atoms with Crippen molar-refractivity contribution < 1.29 is 18.3 Å². The molecule has 6 heteroatoms. The van der Waals surface area contributed by atoms with Gasteiger partial charge in [-0.1, -0.05) is 0 Å². The fraction of sp³-hybridized carbons (Fsp3) is 0.375. The maximum Gasteiger partial charge on any atom is 0.418 e. The number of aliphatic hydroxyl groups is 1. The van der Waals surface area contributed by atoms with E-state index in [-0.39, 0.29) is 16.9 Å². The maximum absolute atomic E-state index is 12.2. The second kappa shape index (κ2) is 3.45. The number of aromatic nitrogens is 1. The highest BCUT2D eigenvalue weighted by atomic mass is 19.4. The molecule has 1 aromatic rings. The fourth-order valence-corrected chi connectivity index (χ4v) is 1.11. The molecule has 1 unspecified atom stereocenters. The van der Waals surface area contributed by atoms with Gasteiger partial charge in [0.25, 0.3) is 0 Å². The van der Waals surface area contributed by atoms with Gasteiger partial charge in [0.05, 0.1) is 0 Å². The summed E-state index contributed by atoms with van der Waals surface area (Å²) in [6.07, 6.45) is -6.00. The fourth-order valence-electron chi connectivity index (χ4n) is 1.11. The van der Waals surface area contributed by atoms with Crippen molar-refractivity contribution in [2.24, 2.45) is 0 Å². The van der Waals surface area contributed by atoms with Crippen LogP contribution in [0.5, 0.6) is 0 Å². The highest BCUT2D eigenvalue weighted by Crippen LogP contribution is 2.35. The van der Waals surface area contributed by atoms with Crippen LogP contribution in [0.15, 0.2) is 12.3 Å². The van der Waals surface area contributed by atoms with Crippen molar-refractivity contribution in [3.05, 3.63) is 23.4 Å². The third-order valence-corrected chi connectivity index (χ3v) is 1.82. The van der Waals surface area contributed by atoms with E-state index in [0.717, 1.165) is 0 Å². The number of hydrogen-bond acceptors (Lipinski definition) is 3. The Labute approximate surface area is 78.4 Å². The van der Waals surface area contributed by atoms with Crippen LogP contribution in [0.1, 0.15) is 17.2 Å². The monoisotopic (exact) mass is 206 g/mol. The van der Waals surface area contributed by atoms with Crippen LogP contribution in [0.3, 0.4) is 0 Å². The summed E-state index contributed by atoms with van der Waals surface area (Å²) in [5, 5.41) is 8.97. The van der Waals surface area contributed by atoms with Gasteiger partial charge in [-0.05, 0) is 18.6 Å². The van der Waals surface area contributed by atoms with Crippen molar-refractivity contribution in [3.63, 3.8) is 0 Å². The molecule has 0 saturated heterocycles. The van der Waals surface area contributed by atoms with Crippen LogP contribution in [0.2, 0.25) is 0 Å². The third-order valence-electron chi connectivity index (χ3n) is 1.82. The van der Waals surface area contributed by atoms with Gasteiger partial charge in [-0.3, -0.25) is 0 Å². The van der Waals surface area contributed by atoms with Gasteiger partial charge < -0.3 is 10.8 Å². The molecule has 0 aliphatic heterocycles. The Morgan fingerprint density at radius 1 is 1.50 bits per heavy atom. The number of aryl methyl sites for hydroxylation is 1. The molecule has 78 valence electrons. The minimum atomic E-state index is -4.72. The standard InChI is InChI=1S/C8H9F3N2O/c1-4-2-3-13-7(12)5(4)6(14)8(9,10)11/h2-3,6,14H,1H3,(H2,12,13). The minimum Gasteiger partial charge on any atom is -0.383 e. The van der Waals surface area contributed by atoms with Crippen molar-refractivity contribution in [2.75, 3.05) is 5.73 Å². The predicted octanol–water partition coefficient (Wildman–Crippen LogP) is 1.57. The van der Waals surface area contributed by atoms with Crippen LogP contribution in [-0.2, 0) is 0 Å². The summed E-state index contributed by atoms with van der Waals surface area (Å²) >= 11 is 0. The zero-order valence-corrected chi connectivity index (χ0v) is 7.34. The Balaban J connectivity index is 3.19. The van der Waals surface area contributed by atoms with Crippen molar-refractivity contribution in [1.82, 2.24) is 4.98 Å². The summed E-state index contributed by atoms with van der Waals surface area (Å²) in [7, 11) is 0. The first kappa shape index (κ1) is 10.8. The van der Waals surface area contributed by atoms with Crippen LogP contribution >= 0.6 is 0 Å². The van der Waals surface area contributed by atoms with Crippen molar-refractivity contribution in [1.29, 1.82) is 0 Å². The van der Waals surface area contributed by atoms with Gasteiger partial charge >= 0.3 is 6.18 Å². The molecule has 0 fully saturated rings. The Morgan fingerprint density at radius 3 is 2.50 bits per heavy atom. The molecule has 1 atom stereocenters. The third kappa shape index (κ3) is 1.95. The molecule has 1 rings (SSSR count). The average Bonchev–Trinajstić information content (AvgIpc) is 2.01. The van der Waals surface area contributed by atoms with E-state index in [1.807, 2.05) is 0 Å². The molecule has 0 bridgehead atoms. The highest BCUT2D eigenvalue weighted by molar-refractivity contribution is 5.45. The number of anilines is 1. The quantitative estimate of drug-likeness (QED) is 0.733. The number of nitrogens with two attached hydrogens (primary N) is 1. The molecule has 0 radical (unpaired) electrons. The first-order chi connectivity index (χ1) is 6.34. The number of hydrogen-bond donors (Lipinski definition) is 2. The Morgan fingerprint density at radius 2 is 2.07 bits per heavy atom. The summed E-state index contributed by atoms with van der Waals surface area (Å²) in [5.74, 6) is -0.296. The molecule has 3 N–H and O–H groups in total. The summed E-state index contributed by atoms with van der Waals surface area (Å²) in [4.78, 5) is 3.49. The smallest absolute Gasteiger partial charge is 0.383 e. The van der Waals surface area contributed by atoms with Crippen LogP contribution in [0.4, 0.5) is 19.0 Å². The lowest BCUT2D eigenvalue weighted by Gasteiger charge is -2.17. The van der Waals surface area contributed by atoms with E-state index in [0.29, 0.717) is 0 Å². The van der Waals surface area contributed by atoms with E-state index in [2.05, 4.69) is 4.98 Å². The van der Waals surface area contributed by atoms with E-state index >= 15 is 0 Å². The van der Waals surface area contributed by atoms with Crippen molar-refractivity contribution >= 4 is 5.82 Å². The zero-order valence-electron chi connectivity index (χ0n) is 7.34. The van der Waals surface area contributed by atoms with E-state index in [1.165, 1.54) is 19.2 Å². The number of alkyl halides is 3. The summed E-state index contributed by atoms with van der Waals surface area (Å²) in [6, 6.07) is 1.36. The number of rotatable bonds is 1. The molecule has 0 saturated carbocycles. The van der Waals surface area contributed by atoms with Gasteiger partial charge in [0.15, 0.2) is 6.10 Å². The lowest BCUT2D eigenvalue weighted by atomic mass is 10.0. The van der Waals surface area contributed by atoms with Gasteiger partial charge in [-0.15, -0.1) is 0 Å². The van der Waals surface area contributed by atoms with Gasteiger partial charge in [-0.25, -0.2) is 4.98 Å². The molecule has 0 amide bonds. The second-order valence-electron chi connectivity index (χ2n) is 2.87. The minimum absolute atomic E-state index is 0.266. The van der Waals surface area contributed by atoms with Gasteiger partial charge in [0.1, 0.15) is 5.82 Å². The summed E-state index contributed by atoms with van der Waals surface area (Å²) in [5.41, 5.74) is 5.14. The van der Waals surface area contributed by atoms with Crippen LogP contribution in [0, 0.1) is 6.92 Å². The Kier molecular flexibility index (Phi) is 2.66. The number of halogens is 3. The van der Waals surface area contributed by atoms with E-state index in [4.69, 9.17) is 10.8 Å². The zero-order chi connectivity index (χ0) is 10.9. The van der Waals surface area contributed by atoms with Gasteiger partial charge in [0, 0.05) is 11.8 Å². The van der Waals surface area contributed by atoms with Crippen LogP contribution in [0.25, 0.3) is 0 Å².